The van der Waals surface area contributed by atoms with Gasteiger partial charge in [0.05, 0.1) is 0 Å². The molecule has 0 aliphatic carbocycles. The fourth-order valence-corrected chi connectivity index (χ4v) is 2.30. The lowest BCUT2D eigenvalue weighted by Crippen LogP contribution is -2.38. The fraction of sp³-hybridized carbons (Fsp3) is 0.733. The van der Waals surface area contributed by atoms with Gasteiger partial charge in [0.15, 0.2) is 5.82 Å². The molecule has 20 heavy (non-hydrogen) atoms. The molecule has 1 aromatic rings. The van der Waals surface area contributed by atoms with E-state index in [0.717, 1.165) is 6.42 Å². The van der Waals surface area contributed by atoms with Gasteiger partial charge in [-0.25, -0.2) is 4.98 Å². The molecule has 1 N–H and O–H groups in total. The van der Waals surface area contributed by atoms with Crippen molar-refractivity contribution in [1.82, 2.24) is 9.55 Å². The van der Waals surface area contributed by atoms with E-state index in [4.69, 9.17) is 11.6 Å². The van der Waals surface area contributed by atoms with Crippen molar-refractivity contribution in [3.63, 3.8) is 0 Å². The largest absolute Gasteiger partial charge is 0.362 e. The van der Waals surface area contributed by atoms with E-state index in [1.807, 2.05) is 0 Å². The van der Waals surface area contributed by atoms with Gasteiger partial charge in [-0.2, -0.15) is 0 Å². The standard InChI is InChI=1S/C15H26ClN3O/c1-11(2)10-19-9-8-17-13(14(19)20)18-12(6-7-16)15(3,4)5/h8-9,11-12H,6-7,10H2,1-5H3,(H,17,18). The molecule has 1 atom stereocenters. The Morgan fingerprint density at radius 2 is 2.05 bits per heavy atom. The molecule has 0 aliphatic heterocycles. The van der Waals surface area contributed by atoms with Crippen LogP contribution in [-0.2, 0) is 6.54 Å². The summed E-state index contributed by atoms with van der Waals surface area (Å²) in [6.45, 7) is 11.3. The average molecular weight is 300 g/mol. The first-order valence-corrected chi connectivity index (χ1v) is 7.67. The minimum atomic E-state index is -0.0648. The molecule has 114 valence electrons. The van der Waals surface area contributed by atoms with Crippen LogP contribution in [0.15, 0.2) is 17.2 Å². The van der Waals surface area contributed by atoms with E-state index in [1.54, 1.807) is 17.0 Å². The maximum absolute atomic E-state index is 12.4. The zero-order valence-corrected chi connectivity index (χ0v) is 13.9. The monoisotopic (exact) mass is 299 g/mol. The number of aromatic nitrogens is 2. The van der Waals surface area contributed by atoms with Gasteiger partial charge in [0, 0.05) is 30.9 Å². The van der Waals surface area contributed by atoms with Crippen LogP contribution in [0, 0.1) is 11.3 Å². The van der Waals surface area contributed by atoms with Crippen molar-refractivity contribution >= 4 is 17.4 Å². The summed E-state index contributed by atoms with van der Waals surface area (Å²) in [7, 11) is 0. The van der Waals surface area contributed by atoms with Gasteiger partial charge < -0.3 is 9.88 Å². The maximum atomic E-state index is 12.4. The molecule has 0 aliphatic rings. The zero-order valence-electron chi connectivity index (χ0n) is 13.1. The molecule has 1 unspecified atom stereocenters. The SMILES string of the molecule is CC(C)Cn1ccnc(NC(CCCl)C(C)(C)C)c1=O. The van der Waals surface area contributed by atoms with E-state index in [-0.39, 0.29) is 17.0 Å². The number of nitrogens with zero attached hydrogens (tertiary/aromatic N) is 2. The Bertz CT molecular complexity index is 477. The van der Waals surface area contributed by atoms with Gasteiger partial charge in [-0.05, 0) is 17.8 Å². The first-order valence-electron chi connectivity index (χ1n) is 7.13. The summed E-state index contributed by atoms with van der Waals surface area (Å²) < 4.78 is 1.71. The van der Waals surface area contributed by atoms with Gasteiger partial charge in [-0.1, -0.05) is 34.6 Å². The number of nitrogens with one attached hydrogen (secondary N) is 1. The smallest absolute Gasteiger partial charge is 0.293 e. The molecule has 0 bridgehead atoms. The van der Waals surface area contributed by atoms with Gasteiger partial charge >= 0.3 is 0 Å². The van der Waals surface area contributed by atoms with Gasteiger partial charge in [0.25, 0.3) is 5.56 Å². The molecule has 0 fully saturated rings. The Hall–Kier alpha value is -1.03. The van der Waals surface area contributed by atoms with Crippen molar-refractivity contribution in [2.45, 2.75) is 53.6 Å². The van der Waals surface area contributed by atoms with Crippen molar-refractivity contribution in [1.29, 1.82) is 0 Å². The average Bonchev–Trinajstić information content (AvgIpc) is 2.31. The molecule has 5 heteroatoms. The number of hydrogen-bond donors (Lipinski definition) is 1. The molecular weight excluding hydrogens is 274 g/mol. The van der Waals surface area contributed by atoms with Crippen LogP contribution in [0.25, 0.3) is 0 Å². The Kier molecular flexibility index (Phi) is 6.06. The van der Waals surface area contributed by atoms with Crippen LogP contribution in [-0.4, -0.2) is 21.5 Å². The highest BCUT2D eigenvalue weighted by Crippen LogP contribution is 2.24. The van der Waals surface area contributed by atoms with E-state index in [2.05, 4.69) is 44.9 Å². The highest BCUT2D eigenvalue weighted by Gasteiger charge is 2.25. The molecule has 1 rings (SSSR count). The molecule has 0 aromatic carbocycles. The predicted octanol–water partition coefficient (Wildman–Crippen LogP) is 3.35. The highest BCUT2D eigenvalue weighted by atomic mass is 35.5. The quantitative estimate of drug-likeness (QED) is 0.819. The third kappa shape index (κ3) is 4.82. The summed E-state index contributed by atoms with van der Waals surface area (Å²) in [5.41, 5.74) is -0.0492. The summed E-state index contributed by atoms with van der Waals surface area (Å²) in [5.74, 6) is 1.39. The first-order chi connectivity index (χ1) is 9.25. The van der Waals surface area contributed by atoms with Gasteiger partial charge in [-0.15, -0.1) is 11.6 Å². The van der Waals surface area contributed by atoms with Crippen LogP contribution in [0.1, 0.15) is 41.0 Å². The highest BCUT2D eigenvalue weighted by molar-refractivity contribution is 6.17. The lowest BCUT2D eigenvalue weighted by Gasteiger charge is -2.31. The van der Waals surface area contributed by atoms with Crippen LogP contribution < -0.4 is 10.9 Å². The number of rotatable bonds is 6. The number of hydrogen-bond acceptors (Lipinski definition) is 3. The van der Waals surface area contributed by atoms with Crippen molar-refractivity contribution < 1.29 is 0 Å². The Morgan fingerprint density at radius 3 is 2.55 bits per heavy atom. The van der Waals surface area contributed by atoms with Gasteiger partial charge in [0.2, 0.25) is 0 Å². The van der Waals surface area contributed by atoms with E-state index in [1.165, 1.54) is 0 Å². The maximum Gasteiger partial charge on any atom is 0.293 e. The summed E-state index contributed by atoms with van der Waals surface area (Å²) in [6, 6.07) is 0.120. The van der Waals surface area contributed by atoms with Crippen LogP contribution in [0.4, 0.5) is 5.82 Å². The first kappa shape index (κ1) is 17.0. The Morgan fingerprint density at radius 1 is 1.40 bits per heavy atom. The lowest BCUT2D eigenvalue weighted by molar-refractivity contribution is 0.333. The molecule has 1 aromatic heterocycles. The number of anilines is 1. The molecule has 0 spiro atoms. The second kappa shape index (κ2) is 7.11. The number of halogens is 1. The predicted molar refractivity (Wildman–Crippen MR) is 85.5 cm³/mol. The molecule has 0 saturated carbocycles. The summed E-state index contributed by atoms with van der Waals surface area (Å²) in [4.78, 5) is 16.6. The Labute approximate surface area is 126 Å². The third-order valence-corrected chi connectivity index (χ3v) is 3.45. The molecule has 0 amide bonds. The molecule has 4 nitrogen and oxygen atoms in total. The van der Waals surface area contributed by atoms with E-state index < -0.39 is 0 Å². The number of alkyl halides is 1. The molecule has 1 heterocycles. The zero-order chi connectivity index (χ0) is 15.3. The second-order valence-corrected chi connectivity index (χ2v) is 7.05. The summed E-state index contributed by atoms with van der Waals surface area (Å²) in [5, 5.41) is 3.27. The Balaban J connectivity index is 2.99. The minimum absolute atomic E-state index is 0.0156. The lowest BCUT2D eigenvalue weighted by atomic mass is 9.85. The van der Waals surface area contributed by atoms with Gasteiger partial charge in [0.1, 0.15) is 0 Å². The fourth-order valence-electron chi connectivity index (χ4n) is 2.08. The van der Waals surface area contributed by atoms with Gasteiger partial charge in [-0.3, -0.25) is 4.79 Å². The topological polar surface area (TPSA) is 46.9 Å². The molecule has 0 radical (unpaired) electrons. The second-order valence-electron chi connectivity index (χ2n) is 6.67. The summed E-state index contributed by atoms with van der Waals surface area (Å²) >= 11 is 5.86. The molecule has 0 saturated heterocycles. The molecular formula is C15H26ClN3O. The van der Waals surface area contributed by atoms with Crippen molar-refractivity contribution in [2.75, 3.05) is 11.2 Å². The van der Waals surface area contributed by atoms with E-state index >= 15 is 0 Å². The van der Waals surface area contributed by atoms with Crippen molar-refractivity contribution in [2.24, 2.45) is 11.3 Å². The minimum Gasteiger partial charge on any atom is -0.362 e. The van der Waals surface area contributed by atoms with Crippen LogP contribution >= 0.6 is 11.6 Å². The van der Waals surface area contributed by atoms with E-state index in [9.17, 15) is 4.79 Å². The van der Waals surface area contributed by atoms with Crippen LogP contribution in [0.5, 0.6) is 0 Å². The van der Waals surface area contributed by atoms with Crippen molar-refractivity contribution in [3.8, 4) is 0 Å². The van der Waals surface area contributed by atoms with Crippen molar-refractivity contribution in [3.05, 3.63) is 22.7 Å². The summed E-state index contributed by atoms with van der Waals surface area (Å²) in [6.07, 6.45) is 4.21. The van der Waals surface area contributed by atoms with Crippen LogP contribution in [0.2, 0.25) is 0 Å². The van der Waals surface area contributed by atoms with Crippen LogP contribution in [0.3, 0.4) is 0 Å². The van der Waals surface area contributed by atoms with E-state index in [0.29, 0.717) is 24.2 Å². The third-order valence-electron chi connectivity index (χ3n) is 3.23. The normalized spacial score (nSPS) is 13.6.